The molecule has 2 unspecified atom stereocenters. The number of ether oxygens (including phenoxy) is 1. The lowest BCUT2D eigenvalue weighted by molar-refractivity contribution is -0.142. The largest absolute Gasteiger partial charge is 0.480 e. The number of hydrogen-bond acceptors (Lipinski definition) is 4. The van der Waals surface area contributed by atoms with E-state index in [1.54, 1.807) is 0 Å². The van der Waals surface area contributed by atoms with Crippen LogP contribution in [0, 0.1) is 5.92 Å². The molecule has 2 atom stereocenters. The van der Waals surface area contributed by atoms with E-state index in [4.69, 9.17) is 9.84 Å². The van der Waals surface area contributed by atoms with Crippen LogP contribution in [0.3, 0.4) is 0 Å². The second kappa shape index (κ2) is 6.17. The van der Waals surface area contributed by atoms with E-state index in [0.29, 0.717) is 32.6 Å². The van der Waals surface area contributed by atoms with Crippen molar-refractivity contribution in [2.75, 3.05) is 26.3 Å². The fourth-order valence-corrected chi connectivity index (χ4v) is 4.00. The lowest BCUT2D eigenvalue weighted by Crippen LogP contribution is -2.52. The van der Waals surface area contributed by atoms with E-state index in [1.165, 1.54) is 0 Å². The van der Waals surface area contributed by atoms with Gasteiger partial charge in [-0.1, -0.05) is 0 Å². The molecule has 0 amide bonds. The summed E-state index contributed by atoms with van der Waals surface area (Å²) in [6.45, 7) is 1.80. The lowest BCUT2D eigenvalue weighted by Gasteiger charge is -2.32. The molecule has 2 fully saturated rings. The summed E-state index contributed by atoms with van der Waals surface area (Å²) in [5, 5.41) is 9.10. The van der Waals surface area contributed by atoms with E-state index in [2.05, 4.69) is 4.72 Å². The van der Waals surface area contributed by atoms with Crippen LogP contribution < -0.4 is 4.72 Å². The van der Waals surface area contributed by atoms with E-state index in [-0.39, 0.29) is 12.5 Å². The molecule has 2 aliphatic rings. The van der Waals surface area contributed by atoms with Gasteiger partial charge in [0.05, 0.1) is 6.61 Å². The molecule has 2 rings (SSSR count). The molecule has 0 aromatic carbocycles. The van der Waals surface area contributed by atoms with E-state index in [1.807, 2.05) is 0 Å². The van der Waals surface area contributed by atoms with Crippen LogP contribution in [0.2, 0.25) is 0 Å². The first-order chi connectivity index (χ1) is 9.00. The highest BCUT2D eigenvalue weighted by molar-refractivity contribution is 7.87. The lowest BCUT2D eigenvalue weighted by atomic mass is 10.1. The van der Waals surface area contributed by atoms with Gasteiger partial charge >= 0.3 is 5.97 Å². The minimum Gasteiger partial charge on any atom is -0.480 e. The van der Waals surface area contributed by atoms with Crippen molar-refractivity contribution in [3.63, 3.8) is 0 Å². The van der Waals surface area contributed by atoms with Gasteiger partial charge in [0.25, 0.3) is 10.2 Å². The maximum absolute atomic E-state index is 12.2. The summed E-state index contributed by atoms with van der Waals surface area (Å²) in [5.41, 5.74) is 0. The molecule has 7 nitrogen and oxygen atoms in total. The van der Waals surface area contributed by atoms with Crippen LogP contribution in [0.1, 0.15) is 25.7 Å². The second-order valence-electron chi connectivity index (χ2n) is 5.04. The Hall–Kier alpha value is -0.700. The molecule has 2 aliphatic heterocycles. The number of carboxylic acids is 1. The fourth-order valence-electron chi connectivity index (χ4n) is 2.49. The van der Waals surface area contributed by atoms with E-state index in [0.717, 1.165) is 17.1 Å². The van der Waals surface area contributed by atoms with Gasteiger partial charge in [-0.05, 0) is 31.6 Å². The van der Waals surface area contributed by atoms with Gasteiger partial charge < -0.3 is 9.84 Å². The zero-order chi connectivity index (χ0) is 13.9. The van der Waals surface area contributed by atoms with Crippen LogP contribution in [0.4, 0.5) is 0 Å². The molecule has 0 saturated carbocycles. The molecule has 0 aromatic rings. The Labute approximate surface area is 113 Å². The SMILES string of the molecule is O=C(O)C1CCCCN1S(=O)(=O)NCC1CCOC1. The van der Waals surface area contributed by atoms with Gasteiger partial charge in [-0.3, -0.25) is 4.79 Å². The number of carbonyl (C=O) groups is 1. The highest BCUT2D eigenvalue weighted by Gasteiger charge is 2.36. The monoisotopic (exact) mass is 292 g/mol. The Balaban J connectivity index is 1.97. The van der Waals surface area contributed by atoms with Gasteiger partial charge in [0.2, 0.25) is 0 Å². The standard InChI is InChI=1S/C11H20N2O5S/c14-11(15)10-3-1-2-5-13(10)19(16,17)12-7-9-4-6-18-8-9/h9-10,12H,1-8H2,(H,14,15). The predicted octanol–water partition coefficient (Wildman–Crippen LogP) is -0.204. The highest BCUT2D eigenvalue weighted by atomic mass is 32.2. The minimum absolute atomic E-state index is 0.183. The molecule has 110 valence electrons. The summed E-state index contributed by atoms with van der Waals surface area (Å²) in [6.07, 6.45) is 2.67. The summed E-state index contributed by atoms with van der Waals surface area (Å²) in [4.78, 5) is 11.1. The number of carboxylic acid groups (broad SMARTS) is 1. The molecular weight excluding hydrogens is 272 g/mol. The first-order valence-corrected chi connectivity index (χ1v) is 8.01. The predicted molar refractivity (Wildman–Crippen MR) is 67.8 cm³/mol. The number of hydrogen-bond donors (Lipinski definition) is 2. The van der Waals surface area contributed by atoms with E-state index < -0.39 is 22.2 Å². The number of rotatable bonds is 5. The first-order valence-electron chi connectivity index (χ1n) is 6.57. The van der Waals surface area contributed by atoms with Crippen LogP contribution >= 0.6 is 0 Å². The van der Waals surface area contributed by atoms with Crippen LogP contribution in [0.25, 0.3) is 0 Å². The zero-order valence-corrected chi connectivity index (χ0v) is 11.6. The van der Waals surface area contributed by atoms with Crippen molar-refractivity contribution >= 4 is 16.2 Å². The Morgan fingerprint density at radius 2 is 2.16 bits per heavy atom. The van der Waals surface area contributed by atoms with E-state index >= 15 is 0 Å². The molecular formula is C11H20N2O5S. The third kappa shape index (κ3) is 3.65. The molecule has 0 aliphatic carbocycles. The Morgan fingerprint density at radius 3 is 2.79 bits per heavy atom. The molecule has 0 aromatic heterocycles. The van der Waals surface area contributed by atoms with Crippen LogP contribution in [0.5, 0.6) is 0 Å². The highest BCUT2D eigenvalue weighted by Crippen LogP contribution is 2.20. The molecule has 8 heteroatoms. The van der Waals surface area contributed by atoms with Gasteiger partial charge in [-0.2, -0.15) is 12.7 Å². The fraction of sp³-hybridized carbons (Fsp3) is 0.909. The molecule has 2 saturated heterocycles. The average Bonchev–Trinajstić information content (AvgIpc) is 2.89. The molecule has 0 bridgehead atoms. The summed E-state index contributed by atoms with van der Waals surface area (Å²) in [6, 6.07) is -0.939. The minimum atomic E-state index is -3.72. The second-order valence-corrected chi connectivity index (χ2v) is 6.75. The Morgan fingerprint density at radius 1 is 1.37 bits per heavy atom. The van der Waals surface area contributed by atoms with Gasteiger partial charge in [0.1, 0.15) is 6.04 Å². The molecule has 2 N–H and O–H groups in total. The van der Waals surface area contributed by atoms with Gasteiger partial charge in [0, 0.05) is 19.7 Å². The van der Waals surface area contributed by atoms with Crippen molar-refractivity contribution in [1.82, 2.24) is 9.03 Å². The number of nitrogens with one attached hydrogen (secondary N) is 1. The number of nitrogens with zero attached hydrogens (tertiary/aromatic N) is 1. The van der Waals surface area contributed by atoms with Crippen molar-refractivity contribution < 1.29 is 23.1 Å². The van der Waals surface area contributed by atoms with Crippen LogP contribution in [-0.2, 0) is 19.7 Å². The Bertz CT molecular complexity index is 419. The molecule has 0 radical (unpaired) electrons. The summed E-state index contributed by atoms with van der Waals surface area (Å²) in [5.74, 6) is -0.892. The van der Waals surface area contributed by atoms with Gasteiger partial charge in [-0.15, -0.1) is 0 Å². The quantitative estimate of drug-likeness (QED) is 0.731. The third-order valence-corrected chi connectivity index (χ3v) is 5.21. The van der Waals surface area contributed by atoms with Crippen molar-refractivity contribution in [2.24, 2.45) is 5.92 Å². The van der Waals surface area contributed by atoms with Crippen molar-refractivity contribution in [2.45, 2.75) is 31.7 Å². The summed E-state index contributed by atoms with van der Waals surface area (Å²) < 4.78 is 33.1. The average molecular weight is 292 g/mol. The number of piperidine rings is 1. The van der Waals surface area contributed by atoms with Gasteiger partial charge in [-0.25, -0.2) is 4.72 Å². The van der Waals surface area contributed by atoms with Gasteiger partial charge in [0.15, 0.2) is 0 Å². The first kappa shape index (κ1) is 14.7. The molecule has 19 heavy (non-hydrogen) atoms. The molecule has 2 heterocycles. The maximum Gasteiger partial charge on any atom is 0.322 e. The summed E-state index contributed by atoms with van der Waals surface area (Å²) in [7, 11) is -3.72. The molecule has 0 spiro atoms. The summed E-state index contributed by atoms with van der Waals surface area (Å²) >= 11 is 0. The van der Waals surface area contributed by atoms with Crippen molar-refractivity contribution in [3.05, 3.63) is 0 Å². The van der Waals surface area contributed by atoms with E-state index in [9.17, 15) is 13.2 Å². The van der Waals surface area contributed by atoms with Crippen LogP contribution in [-0.4, -0.2) is 56.1 Å². The third-order valence-electron chi connectivity index (χ3n) is 3.63. The smallest absolute Gasteiger partial charge is 0.322 e. The topological polar surface area (TPSA) is 95.9 Å². The zero-order valence-electron chi connectivity index (χ0n) is 10.7. The van der Waals surface area contributed by atoms with Crippen LogP contribution in [0.15, 0.2) is 0 Å². The normalized spacial score (nSPS) is 29.5. The Kier molecular flexibility index (Phi) is 4.77. The maximum atomic E-state index is 12.2. The van der Waals surface area contributed by atoms with Crippen molar-refractivity contribution in [1.29, 1.82) is 0 Å². The van der Waals surface area contributed by atoms with Crippen molar-refractivity contribution in [3.8, 4) is 0 Å². The number of aliphatic carboxylic acids is 1.